The van der Waals surface area contributed by atoms with E-state index in [-0.39, 0.29) is 5.97 Å². The summed E-state index contributed by atoms with van der Waals surface area (Å²) in [4.78, 5) is 11.5. The average molecular weight is 290 g/mol. The van der Waals surface area contributed by atoms with E-state index in [1.54, 1.807) is 13.2 Å². The van der Waals surface area contributed by atoms with Crippen LogP contribution in [0.2, 0.25) is 0 Å². The first kappa shape index (κ1) is 17.3. The first-order valence-corrected chi connectivity index (χ1v) is 7.75. The summed E-state index contributed by atoms with van der Waals surface area (Å²) in [5.41, 5.74) is 0.951. The zero-order chi connectivity index (χ0) is 15.3. The van der Waals surface area contributed by atoms with Gasteiger partial charge in [0.25, 0.3) is 0 Å². The molecule has 0 bridgehead atoms. The van der Waals surface area contributed by atoms with Crippen LogP contribution in [0.3, 0.4) is 0 Å². The lowest BCUT2D eigenvalue weighted by molar-refractivity contribution is -0.137. The topological polar surface area (TPSA) is 35.5 Å². The van der Waals surface area contributed by atoms with Crippen LogP contribution in [-0.2, 0) is 9.53 Å². The maximum absolute atomic E-state index is 11.5. The molecule has 0 N–H and O–H groups in total. The summed E-state index contributed by atoms with van der Waals surface area (Å²) in [5, 5.41) is 0. The summed E-state index contributed by atoms with van der Waals surface area (Å²) >= 11 is 0. The molecule has 0 heterocycles. The Labute approximate surface area is 128 Å². The average Bonchev–Trinajstić information content (AvgIpc) is 2.52. The Kier molecular flexibility index (Phi) is 9.01. The smallest absolute Gasteiger partial charge is 0.330 e. The molecule has 3 heteroatoms. The zero-order valence-electron chi connectivity index (χ0n) is 13.1. The largest absolute Gasteiger partial charge is 0.497 e. The highest BCUT2D eigenvalue weighted by Crippen LogP contribution is 2.12. The van der Waals surface area contributed by atoms with E-state index in [1.807, 2.05) is 24.3 Å². The highest BCUT2D eigenvalue weighted by molar-refractivity contribution is 5.87. The van der Waals surface area contributed by atoms with E-state index in [2.05, 4.69) is 6.92 Å². The molecule has 0 aliphatic heterocycles. The maximum Gasteiger partial charge on any atom is 0.330 e. The van der Waals surface area contributed by atoms with E-state index < -0.39 is 0 Å². The van der Waals surface area contributed by atoms with Crippen LogP contribution >= 0.6 is 0 Å². The second-order valence-electron chi connectivity index (χ2n) is 5.04. The Balaban J connectivity index is 2.16. The van der Waals surface area contributed by atoms with E-state index in [9.17, 15) is 4.79 Å². The number of hydrogen-bond acceptors (Lipinski definition) is 3. The standard InChI is InChI=1S/C18H26O3/c1-3-4-5-6-7-8-15-21-18(19)14-11-16-9-12-17(20-2)13-10-16/h9-14H,3-8,15H2,1-2H3/b14-11-. The number of benzene rings is 1. The molecule has 0 radical (unpaired) electrons. The number of rotatable bonds is 10. The van der Waals surface area contributed by atoms with Crippen molar-refractivity contribution in [2.45, 2.75) is 45.4 Å². The van der Waals surface area contributed by atoms with Gasteiger partial charge in [0.15, 0.2) is 0 Å². The van der Waals surface area contributed by atoms with Crippen LogP contribution in [0.1, 0.15) is 51.0 Å². The van der Waals surface area contributed by atoms with Gasteiger partial charge in [-0.1, -0.05) is 51.2 Å². The number of ether oxygens (including phenoxy) is 2. The van der Waals surface area contributed by atoms with Crippen molar-refractivity contribution in [2.75, 3.05) is 13.7 Å². The van der Waals surface area contributed by atoms with Crippen LogP contribution in [0.5, 0.6) is 5.75 Å². The minimum Gasteiger partial charge on any atom is -0.497 e. The number of carbonyl (C=O) groups is 1. The fraction of sp³-hybridized carbons (Fsp3) is 0.500. The first-order valence-electron chi connectivity index (χ1n) is 7.75. The Morgan fingerprint density at radius 3 is 2.38 bits per heavy atom. The molecule has 0 aromatic heterocycles. The van der Waals surface area contributed by atoms with Crippen LogP contribution in [0.15, 0.2) is 30.3 Å². The van der Waals surface area contributed by atoms with Crippen LogP contribution in [0.4, 0.5) is 0 Å². The summed E-state index contributed by atoms with van der Waals surface area (Å²) in [7, 11) is 1.63. The number of esters is 1. The van der Waals surface area contributed by atoms with Gasteiger partial charge in [0.05, 0.1) is 13.7 Å². The lowest BCUT2D eigenvalue weighted by Gasteiger charge is -2.02. The van der Waals surface area contributed by atoms with Crippen molar-refractivity contribution >= 4 is 12.0 Å². The minimum atomic E-state index is -0.278. The number of hydrogen-bond donors (Lipinski definition) is 0. The van der Waals surface area contributed by atoms with Gasteiger partial charge in [0.1, 0.15) is 5.75 Å². The third-order valence-corrected chi connectivity index (χ3v) is 3.27. The maximum atomic E-state index is 11.5. The lowest BCUT2D eigenvalue weighted by atomic mass is 10.1. The molecule has 0 saturated heterocycles. The minimum absolute atomic E-state index is 0.278. The lowest BCUT2D eigenvalue weighted by Crippen LogP contribution is -2.02. The summed E-state index contributed by atoms with van der Waals surface area (Å²) in [6.45, 7) is 2.72. The van der Waals surface area contributed by atoms with E-state index >= 15 is 0 Å². The molecule has 0 amide bonds. The summed E-state index contributed by atoms with van der Waals surface area (Å²) < 4.78 is 10.2. The summed E-state index contributed by atoms with van der Waals surface area (Å²) in [5.74, 6) is 0.525. The number of methoxy groups -OCH3 is 1. The number of carbonyl (C=O) groups excluding carboxylic acids is 1. The molecule has 1 rings (SSSR count). The van der Waals surface area contributed by atoms with Crippen molar-refractivity contribution in [2.24, 2.45) is 0 Å². The fourth-order valence-corrected chi connectivity index (χ4v) is 1.98. The molecule has 1 aromatic carbocycles. The van der Waals surface area contributed by atoms with Gasteiger partial charge in [-0.3, -0.25) is 0 Å². The highest BCUT2D eigenvalue weighted by atomic mass is 16.5. The molecule has 0 spiro atoms. The predicted molar refractivity (Wildman–Crippen MR) is 86.4 cm³/mol. The molecule has 1 aromatic rings. The van der Waals surface area contributed by atoms with Crippen molar-refractivity contribution < 1.29 is 14.3 Å². The molecule has 0 aliphatic carbocycles. The van der Waals surface area contributed by atoms with Crippen LogP contribution in [-0.4, -0.2) is 19.7 Å². The SMILES string of the molecule is CCCCCCCCOC(=O)/C=C\c1ccc(OC)cc1. The van der Waals surface area contributed by atoms with Crippen molar-refractivity contribution in [1.82, 2.24) is 0 Å². The molecular formula is C18H26O3. The van der Waals surface area contributed by atoms with Gasteiger partial charge in [-0.2, -0.15) is 0 Å². The van der Waals surface area contributed by atoms with Gasteiger partial charge >= 0.3 is 5.97 Å². The van der Waals surface area contributed by atoms with E-state index in [4.69, 9.17) is 9.47 Å². The van der Waals surface area contributed by atoms with Crippen LogP contribution < -0.4 is 4.74 Å². The van der Waals surface area contributed by atoms with Crippen molar-refractivity contribution in [1.29, 1.82) is 0 Å². The van der Waals surface area contributed by atoms with E-state index in [0.717, 1.165) is 24.2 Å². The Bertz CT molecular complexity index is 421. The molecule has 0 atom stereocenters. The van der Waals surface area contributed by atoms with Gasteiger partial charge in [-0.25, -0.2) is 4.79 Å². The molecule has 0 fully saturated rings. The van der Waals surface area contributed by atoms with Gasteiger partial charge in [0.2, 0.25) is 0 Å². The Morgan fingerprint density at radius 1 is 1.05 bits per heavy atom. The highest BCUT2D eigenvalue weighted by Gasteiger charge is 1.97. The molecule has 21 heavy (non-hydrogen) atoms. The van der Waals surface area contributed by atoms with Crippen LogP contribution in [0.25, 0.3) is 6.08 Å². The van der Waals surface area contributed by atoms with Gasteiger partial charge in [-0.05, 0) is 30.2 Å². The quantitative estimate of drug-likeness (QED) is 0.358. The molecule has 0 saturated carbocycles. The van der Waals surface area contributed by atoms with Crippen molar-refractivity contribution in [3.8, 4) is 5.75 Å². The van der Waals surface area contributed by atoms with Gasteiger partial charge in [0, 0.05) is 6.08 Å². The summed E-state index contributed by atoms with van der Waals surface area (Å²) in [6.07, 6.45) is 10.4. The molecule has 116 valence electrons. The second-order valence-corrected chi connectivity index (χ2v) is 5.04. The normalized spacial score (nSPS) is 10.8. The molecular weight excluding hydrogens is 264 g/mol. The predicted octanol–water partition coefficient (Wildman–Crippen LogP) is 4.61. The molecule has 0 aliphatic rings. The first-order chi connectivity index (χ1) is 10.3. The second kappa shape index (κ2) is 11.0. The van der Waals surface area contributed by atoms with Crippen molar-refractivity contribution in [3.05, 3.63) is 35.9 Å². The Morgan fingerprint density at radius 2 is 1.71 bits per heavy atom. The fourth-order valence-electron chi connectivity index (χ4n) is 1.98. The molecule has 0 unspecified atom stereocenters. The Hall–Kier alpha value is -1.77. The third-order valence-electron chi connectivity index (χ3n) is 3.27. The molecule has 3 nitrogen and oxygen atoms in total. The summed E-state index contributed by atoms with van der Waals surface area (Å²) in [6, 6.07) is 7.52. The van der Waals surface area contributed by atoms with Crippen molar-refractivity contribution in [3.63, 3.8) is 0 Å². The van der Waals surface area contributed by atoms with Crippen LogP contribution in [0, 0.1) is 0 Å². The zero-order valence-corrected chi connectivity index (χ0v) is 13.1. The third kappa shape index (κ3) is 8.18. The van der Waals surface area contributed by atoms with Gasteiger partial charge < -0.3 is 9.47 Å². The monoisotopic (exact) mass is 290 g/mol. The number of unbranched alkanes of at least 4 members (excludes halogenated alkanes) is 5. The van der Waals surface area contributed by atoms with E-state index in [1.165, 1.54) is 31.8 Å². The van der Waals surface area contributed by atoms with E-state index in [0.29, 0.717) is 6.61 Å². The van der Waals surface area contributed by atoms with Gasteiger partial charge in [-0.15, -0.1) is 0 Å².